The number of carbonyl (C=O) groups is 1. The summed E-state index contributed by atoms with van der Waals surface area (Å²) in [6.07, 6.45) is 0. The van der Waals surface area contributed by atoms with Crippen LogP contribution in [0, 0.1) is 5.92 Å². The Labute approximate surface area is 113 Å². The van der Waals surface area contributed by atoms with Gasteiger partial charge in [-0.3, -0.25) is 4.79 Å². The van der Waals surface area contributed by atoms with Gasteiger partial charge in [0.1, 0.15) is 0 Å². The number of fused-ring (bicyclic) bond motifs is 1. The van der Waals surface area contributed by atoms with E-state index in [0.717, 1.165) is 11.3 Å². The van der Waals surface area contributed by atoms with Gasteiger partial charge in [0, 0.05) is 22.9 Å². The molecule has 1 aliphatic rings. The number of hydrogen-bond acceptors (Lipinski definition) is 2. The molecule has 0 spiro atoms. The van der Waals surface area contributed by atoms with Crippen molar-refractivity contribution in [3.63, 3.8) is 0 Å². The maximum absolute atomic E-state index is 12.3. The van der Waals surface area contributed by atoms with E-state index in [1.807, 2.05) is 19.9 Å². The number of nitrogen functional groups attached to an aromatic ring is 1. The maximum Gasteiger partial charge on any atom is 0.229 e. The number of rotatable bonds is 1. The number of halogens is 1. The van der Waals surface area contributed by atoms with E-state index >= 15 is 0 Å². The fourth-order valence-electron chi connectivity index (χ4n) is 2.50. The fourth-order valence-corrected chi connectivity index (χ4v) is 2.72. The molecule has 0 aromatic heterocycles. The lowest BCUT2D eigenvalue weighted by atomic mass is 9.87. The Morgan fingerprint density at radius 3 is 2.61 bits per heavy atom. The van der Waals surface area contributed by atoms with Crippen LogP contribution in [0.25, 0.3) is 0 Å². The Bertz CT molecular complexity index is 509. The largest absolute Gasteiger partial charge is 0.397 e. The number of nitrogens with zero attached hydrogens (tertiary/aromatic N) is 1. The number of hydrogen-bond donors (Lipinski definition) is 1. The zero-order valence-electron chi connectivity index (χ0n) is 11.2. The molecule has 0 saturated carbocycles. The number of nitrogens with two attached hydrogens (primary N) is 1. The quantitative estimate of drug-likeness (QED) is 0.794. The second-order valence-corrected chi connectivity index (χ2v) is 6.29. The van der Waals surface area contributed by atoms with E-state index in [4.69, 9.17) is 17.3 Å². The molecule has 2 rings (SSSR count). The van der Waals surface area contributed by atoms with Crippen molar-refractivity contribution in [2.75, 3.05) is 17.2 Å². The average Bonchev–Trinajstić information content (AvgIpc) is 2.50. The highest BCUT2D eigenvalue weighted by Crippen LogP contribution is 2.45. The third kappa shape index (κ3) is 1.97. The molecule has 1 amide bonds. The molecule has 1 aromatic carbocycles. The summed E-state index contributed by atoms with van der Waals surface area (Å²) in [4.78, 5) is 14.1. The van der Waals surface area contributed by atoms with Gasteiger partial charge in [0.25, 0.3) is 0 Å². The molecule has 1 aliphatic heterocycles. The van der Waals surface area contributed by atoms with Crippen LogP contribution in [0.2, 0.25) is 5.02 Å². The summed E-state index contributed by atoms with van der Waals surface area (Å²) < 4.78 is 0. The summed E-state index contributed by atoms with van der Waals surface area (Å²) >= 11 is 6.06. The van der Waals surface area contributed by atoms with E-state index in [2.05, 4.69) is 13.8 Å². The van der Waals surface area contributed by atoms with Crippen molar-refractivity contribution in [1.29, 1.82) is 0 Å². The van der Waals surface area contributed by atoms with Crippen molar-refractivity contribution in [3.8, 4) is 0 Å². The van der Waals surface area contributed by atoms with Crippen LogP contribution in [0.1, 0.15) is 33.3 Å². The van der Waals surface area contributed by atoms with Gasteiger partial charge in [0.15, 0.2) is 0 Å². The van der Waals surface area contributed by atoms with Gasteiger partial charge in [-0.1, -0.05) is 39.3 Å². The van der Waals surface area contributed by atoms with Crippen LogP contribution in [0.3, 0.4) is 0 Å². The molecule has 1 heterocycles. The van der Waals surface area contributed by atoms with Crippen molar-refractivity contribution in [1.82, 2.24) is 0 Å². The van der Waals surface area contributed by atoms with Gasteiger partial charge in [-0.2, -0.15) is 0 Å². The number of benzene rings is 1. The zero-order chi connectivity index (χ0) is 13.7. The zero-order valence-corrected chi connectivity index (χ0v) is 12.0. The third-order valence-electron chi connectivity index (χ3n) is 3.42. The SMILES string of the molecule is CC(C)C(=O)N1CC(C)(C)c2cc(Cl)cc(N)c21. The molecule has 0 saturated heterocycles. The lowest BCUT2D eigenvalue weighted by Crippen LogP contribution is -2.36. The van der Waals surface area contributed by atoms with E-state index in [1.54, 1.807) is 11.0 Å². The molecule has 0 fully saturated rings. The van der Waals surface area contributed by atoms with Crippen LogP contribution in [0.4, 0.5) is 11.4 Å². The predicted molar refractivity (Wildman–Crippen MR) is 76.1 cm³/mol. The normalized spacial score (nSPS) is 17.1. The van der Waals surface area contributed by atoms with Crippen LogP contribution in [0.5, 0.6) is 0 Å². The summed E-state index contributed by atoms with van der Waals surface area (Å²) in [5.41, 5.74) is 8.41. The maximum atomic E-state index is 12.3. The fraction of sp³-hybridized carbons (Fsp3) is 0.500. The summed E-state index contributed by atoms with van der Waals surface area (Å²) in [6, 6.07) is 3.63. The molecule has 3 nitrogen and oxygen atoms in total. The minimum absolute atomic E-state index is 0.0400. The van der Waals surface area contributed by atoms with Gasteiger partial charge >= 0.3 is 0 Å². The smallest absolute Gasteiger partial charge is 0.229 e. The second kappa shape index (κ2) is 4.16. The van der Waals surface area contributed by atoms with Crippen molar-refractivity contribution in [3.05, 3.63) is 22.7 Å². The molecule has 0 unspecified atom stereocenters. The number of amides is 1. The van der Waals surface area contributed by atoms with E-state index in [0.29, 0.717) is 17.3 Å². The monoisotopic (exact) mass is 266 g/mol. The topological polar surface area (TPSA) is 46.3 Å². The lowest BCUT2D eigenvalue weighted by Gasteiger charge is -2.22. The summed E-state index contributed by atoms with van der Waals surface area (Å²) in [5, 5.41) is 0.623. The minimum atomic E-state index is -0.112. The number of anilines is 2. The van der Waals surface area contributed by atoms with Crippen LogP contribution < -0.4 is 10.6 Å². The molecule has 1 aromatic rings. The van der Waals surface area contributed by atoms with E-state index in [9.17, 15) is 4.79 Å². The summed E-state index contributed by atoms with van der Waals surface area (Å²) in [6.45, 7) is 8.67. The first-order chi connectivity index (χ1) is 8.24. The Hall–Kier alpha value is -1.22. The molecule has 4 heteroatoms. The van der Waals surface area contributed by atoms with Crippen LogP contribution in [-0.4, -0.2) is 12.5 Å². The van der Waals surface area contributed by atoms with Gasteiger partial charge in [-0.25, -0.2) is 0 Å². The molecule has 0 aliphatic carbocycles. The summed E-state index contributed by atoms with van der Waals surface area (Å²) in [7, 11) is 0. The molecular weight excluding hydrogens is 248 g/mol. The van der Waals surface area contributed by atoms with Crippen molar-refractivity contribution >= 4 is 28.9 Å². The van der Waals surface area contributed by atoms with Crippen LogP contribution >= 0.6 is 11.6 Å². The molecule has 2 N–H and O–H groups in total. The van der Waals surface area contributed by atoms with Crippen LogP contribution in [0.15, 0.2) is 12.1 Å². The minimum Gasteiger partial charge on any atom is -0.397 e. The summed E-state index contributed by atoms with van der Waals surface area (Å²) in [5.74, 6) is 0.0673. The van der Waals surface area contributed by atoms with Gasteiger partial charge < -0.3 is 10.6 Å². The van der Waals surface area contributed by atoms with Crippen molar-refractivity contribution < 1.29 is 4.79 Å². The molecule has 0 atom stereocenters. The molecule has 0 bridgehead atoms. The second-order valence-electron chi connectivity index (χ2n) is 5.85. The lowest BCUT2D eigenvalue weighted by molar-refractivity contribution is -0.121. The molecule has 98 valence electrons. The third-order valence-corrected chi connectivity index (χ3v) is 3.63. The van der Waals surface area contributed by atoms with E-state index in [-0.39, 0.29) is 17.2 Å². The van der Waals surface area contributed by atoms with Crippen LogP contribution in [-0.2, 0) is 10.2 Å². The van der Waals surface area contributed by atoms with Gasteiger partial charge in [-0.15, -0.1) is 0 Å². The van der Waals surface area contributed by atoms with Crippen molar-refractivity contribution in [2.45, 2.75) is 33.1 Å². The molecule has 0 radical (unpaired) electrons. The highest BCUT2D eigenvalue weighted by atomic mass is 35.5. The van der Waals surface area contributed by atoms with E-state index < -0.39 is 0 Å². The first-order valence-electron chi connectivity index (χ1n) is 6.15. The van der Waals surface area contributed by atoms with E-state index in [1.165, 1.54) is 0 Å². The highest BCUT2D eigenvalue weighted by Gasteiger charge is 2.40. The molecular formula is C14H19ClN2O. The van der Waals surface area contributed by atoms with Crippen molar-refractivity contribution in [2.24, 2.45) is 5.92 Å². The van der Waals surface area contributed by atoms with Gasteiger partial charge in [0.05, 0.1) is 11.4 Å². The Balaban J connectivity index is 2.59. The van der Waals surface area contributed by atoms with Gasteiger partial charge in [0.2, 0.25) is 5.91 Å². The Morgan fingerprint density at radius 1 is 1.44 bits per heavy atom. The standard InChI is InChI=1S/C14H19ClN2O/c1-8(2)13(18)17-7-14(3,4)10-5-9(15)6-11(16)12(10)17/h5-6,8H,7,16H2,1-4H3. The number of carbonyl (C=O) groups excluding carboxylic acids is 1. The first kappa shape index (κ1) is 13.2. The predicted octanol–water partition coefficient (Wildman–Crippen LogP) is 3.20. The Kier molecular flexibility index (Phi) is 3.06. The average molecular weight is 267 g/mol. The first-order valence-corrected chi connectivity index (χ1v) is 6.52. The Morgan fingerprint density at radius 2 is 2.06 bits per heavy atom. The van der Waals surface area contributed by atoms with Gasteiger partial charge in [-0.05, 0) is 17.7 Å². The highest BCUT2D eigenvalue weighted by molar-refractivity contribution is 6.31. The molecule has 18 heavy (non-hydrogen) atoms.